The molecule has 1 aromatic heterocycles. The third-order valence-corrected chi connectivity index (χ3v) is 4.47. The van der Waals surface area contributed by atoms with Gasteiger partial charge >= 0.3 is 0 Å². The molecule has 0 atom stereocenters. The number of nitrogens with two attached hydrogens (primary N) is 1. The van der Waals surface area contributed by atoms with E-state index >= 15 is 0 Å². The van der Waals surface area contributed by atoms with Crippen molar-refractivity contribution in [2.45, 2.75) is 25.9 Å². The van der Waals surface area contributed by atoms with Crippen molar-refractivity contribution in [3.8, 4) is 11.4 Å². The molecule has 0 aliphatic carbocycles. The van der Waals surface area contributed by atoms with Crippen LogP contribution in [-0.4, -0.2) is 29.2 Å². The highest BCUT2D eigenvalue weighted by Crippen LogP contribution is 2.34. The number of hydrogen-bond acceptors (Lipinski definition) is 4. The number of fused-ring (bicyclic) bond motifs is 1. The highest BCUT2D eigenvalue weighted by Gasteiger charge is 2.21. The molecule has 2 aliphatic heterocycles. The SMILES string of the molecule is Nc1ccc(-c2ncc3n2CCNC3)c(N2CCCC2)c1. The summed E-state index contributed by atoms with van der Waals surface area (Å²) < 4.78 is 2.33. The molecule has 0 saturated carbocycles. The van der Waals surface area contributed by atoms with Gasteiger partial charge in [0.05, 0.1) is 11.9 Å². The molecule has 2 aromatic rings. The van der Waals surface area contributed by atoms with E-state index in [2.05, 4.69) is 31.9 Å². The van der Waals surface area contributed by atoms with Crippen molar-refractivity contribution in [1.29, 1.82) is 0 Å². The number of nitrogen functional groups attached to an aromatic ring is 1. The number of rotatable bonds is 2. The Morgan fingerprint density at radius 3 is 2.86 bits per heavy atom. The molecule has 1 aromatic carbocycles. The van der Waals surface area contributed by atoms with Crippen LogP contribution in [0.3, 0.4) is 0 Å². The van der Waals surface area contributed by atoms with E-state index in [-0.39, 0.29) is 0 Å². The van der Waals surface area contributed by atoms with Crippen LogP contribution >= 0.6 is 0 Å². The van der Waals surface area contributed by atoms with Crippen molar-refractivity contribution in [3.05, 3.63) is 30.1 Å². The molecule has 3 heterocycles. The lowest BCUT2D eigenvalue weighted by Gasteiger charge is -2.23. The Bertz CT molecular complexity index is 655. The molecular formula is C16H21N5. The maximum Gasteiger partial charge on any atom is 0.142 e. The molecule has 2 aliphatic rings. The molecule has 21 heavy (non-hydrogen) atoms. The summed E-state index contributed by atoms with van der Waals surface area (Å²) in [6, 6.07) is 6.21. The van der Waals surface area contributed by atoms with Crippen LogP contribution in [0.25, 0.3) is 11.4 Å². The number of nitrogens with one attached hydrogen (secondary N) is 1. The molecule has 0 radical (unpaired) electrons. The first-order chi connectivity index (χ1) is 10.3. The Kier molecular flexibility index (Phi) is 3.07. The second-order valence-electron chi connectivity index (χ2n) is 5.87. The van der Waals surface area contributed by atoms with Gasteiger partial charge in [0.25, 0.3) is 0 Å². The number of imidazole rings is 1. The lowest BCUT2D eigenvalue weighted by Crippen LogP contribution is -2.28. The van der Waals surface area contributed by atoms with Gasteiger partial charge in [0.2, 0.25) is 0 Å². The summed E-state index contributed by atoms with van der Waals surface area (Å²) in [6.45, 7) is 5.12. The van der Waals surface area contributed by atoms with Crippen LogP contribution in [0.2, 0.25) is 0 Å². The van der Waals surface area contributed by atoms with Gasteiger partial charge in [-0.3, -0.25) is 0 Å². The van der Waals surface area contributed by atoms with E-state index in [0.29, 0.717) is 0 Å². The van der Waals surface area contributed by atoms with Crippen LogP contribution in [0.5, 0.6) is 0 Å². The molecule has 0 unspecified atom stereocenters. The lowest BCUT2D eigenvalue weighted by molar-refractivity contribution is 0.519. The molecule has 5 heteroatoms. The molecular weight excluding hydrogens is 262 g/mol. The predicted molar refractivity (Wildman–Crippen MR) is 85.2 cm³/mol. The Labute approximate surface area is 124 Å². The summed E-state index contributed by atoms with van der Waals surface area (Å²) in [5, 5.41) is 3.39. The number of hydrogen-bond donors (Lipinski definition) is 2. The quantitative estimate of drug-likeness (QED) is 0.826. The van der Waals surface area contributed by atoms with Gasteiger partial charge in [0.1, 0.15) is 5.82 Å². The second kappa shape index (κ2) is 5.07. The van der Waals surface area contributed by atoms with Gasteiger partial charge in [-0.1, -0.05) is 0 Å². The molecule has 110 valence electrons. The van der Waals surface area contributed by atoms with Crippen LogP contribution in [0, 0.1) is 0 Å². The van der Waals surface area contributed by atoms with E-state index in [1.165, 1.54) is 29.8 Å². The average molecular weight is 283 g/mol. The first-order valence-corrected chi connectivity index (χ1v) is 7.73. The minimum absolute atomic E-state index is 0.827. The van der Waals surface area contributed by atoms with Gasteiger partial charge < -0.3 is 20.5 Å². The number of nitrogens with zero attached hydrogens (tertiary/aromatic N) is 3. The van der Waals surface area contributed by atoms with Crippen molar-refractivity contribution in [2.24, 2.45) is 0 Å². The van der Waals surface area contributed by atoms with Gasteiger partial charge in [-0.25, -0.2) is 4.98 Å². The monoisotopic (exact) mass is 283 g/mol. The highest BCUT2D eigenvalue weighted by atomic mass is 15.2. The van der Waals surface area contributed by atoms with Crippen LogP contribution in [0.1, 0.15) is 18.5 Å². The molecule has 1 saturated heterocycles. The fourth-order valence-corrected chi connectivity index (χ4v) is 3.38. The van der Waals surface area contributed by atoms with Crippen LogP contribution < -0.4 is 16.0 Å². The molecule has 4 rings (SSSR count). The van der Waals surface area contributed by atoms with Gasteiger partial charge in [0, 0.05) is 49.7 Å². The summed E-state index contributed by atoms with van der Waals surface area (Å²) in [5.41, 5.74) is 10.6. The summed E-state index contributed by atoms with van der Waals surface area (Å²) in [6.07, 6.45) is 4.52. The van der Waals surface area contributed by atoms with Crippen molar-refractivity contribution in [1.82, 2.24) is 14.9 Å². The molecule has 0 amide bonds. The van der Waals surface area contributed by atoms with Crippen LogP contribution in [-0.2, 0) is 13.1 Å². The van der Waals surface area contributed by atoms with Gasteiger partial charge in [-0.2, -0.15) is 0 Å². The molecule has 5 nitrogen and oxygen atoms in total. The van der Waals surface area contributed by atoms with Gasteiger partial charge in [-0.05, 0) is 31.0 Å². The van der Waals surface area contributed by atoms with E-state index in [1.54, 1.807) is 0 Å². The topological polar surface area (TPSA) is 59.1 Å². The number of anilines is 2. The highest BCUT2D eigenvalue weighted by molar-refractivity contribution is 5.78. The Hall–Kier alpha value is -2.01. The largest absolute Gasteiger partial charge is 0.399 e. The van der Waals surface area contributed by atoms with E-state index in [4.69, 9.17) is 5.73 Å². The lowest BCUT2D eigenvalue weighted by atomic mass is 10.1. The normalized spacial score (nSPS) is 18.0. The van der Waals surface area contributed by atoms with Crippen molar-refractivity contribution in [3.63, 3.8) is 0 Å². The fraction of sp³-hybridized carbons (Fsp3) is 0.438. The standard InChI is InChI=1S/C16H21N5/c17-12-3-4-14(15(9-12)20-6-1-2-7-20)16-19-11-13-10-18-5-8-21(13)16/h3-4,9,11,18H,1-2,5-8,10,17H2. The summed E-state index contributed by atoms with van der Waals surface area (Å²) in [4.78, 5) is 7.12. The van der Waals surface area contributed by atoms with Crippen molar-refractivity contribution >= 4 is 11.4 Å². The van der Waals surface area contributed by atoms with Crippen molar-refractivity contribution < 1.29 is 0 Å². The van der Waals surface area contributed by atoms with E-state index in [1.807, 2.05) is 12.3 Å². The van der Waals surface area contributed by atoms with Crippen molar-refractivity contribution in [2.75, 3.05) is 30.3 Å². The minimum Gasteiger partial charge on any atom is -0.399 e. The summed E-state index contributed by atoms with van der Waals surface area (Å²) in [5.74, 6) is 1.08. The van der Waals surface area contributed by atoms with Gasteiger partial charge in [0.15, 0.2) is 0 Å². The first kappa shape index (κ1) is 12.7. The third-order valence-electron chi connectivity index (χ3n) is 4.47. The average Bonchev–Trinajstić information content (AvgIpc) is 3.17. The maximum atomic E-state index is 6.02. The molecule has 0 bridgehead atoms. The van der Waals surface area contributed by atoms with Crippen LogP contribution in [0.4, 0.5) is 11.4 Å². The van der Waals surface area contributed by atoms with Crippen LogP contribution in [0.15, 0.2) is 24.4 Å². The van der Waals surface area contributed by atoms with E-state index in [9.17, 15) is 0 Å². The molecule has 3 N–H and O–H groups in total. The third kappa shape index (κ3) is 2.17. The first-order valence-electron chi connectivity index (χ1n) is 7.73. The zero-order chi connectivity index (χ0) is 14.2. The second-order valence-corrected chi connectivity index (χ2v) is 5.87. The number of aromatic nitrogens is 2. The Morgan fingerprint density at radius 2 is 2.00 bits per heavy atom. The van der Waals surface area contributed by atoms with E-state index < -0.39 is 0 Å². The van der Waals surface area contributed by atoms with E-state index in [0.717, 1.165) is 44.2 Å². The fourth-order valence-electron chi connectivity index (χ4n) is 3.38. The predicted octanol–water partition coefficient (Wildman–Crippen LogP) is 1.84. The minimum atomic E-state index is 0.827. The summed E-state index contributed by atoms with van der Waals surface area (Å²) >= 11 is 0. The zero-order valence-corrected chi connectivity index (χ0v) is 12.2. The molecule has 0 spiro atoms. The zero-order valence-electron chi connectivity index (χ0n) is 12.2. The summed E-state index contributed by atoms with van der Waals surface area (Å²) in [7, 11) is 0. The molecule has 1 fully saturated rings. The Morgan fingerprint density at radius 1 is 1.14 bits per heavy atom. The smallest absolute Gasteiger partial charge is 0.142 e. The number of benzene rings is 1. The Balaban J connectivity index is 1.82. The maximum absolute atomic E-state index is 6.02. The van der Waals surface area contributed by atoms with Gasteiger partial charge in [-0.15, -0.1) is 0 Å².